The number of alkyl halides is 3. The van der Waals surface area contributed by atoms with Crippen molar-refractivity contribution in [3.8, 4) is 5.75 Å². The Morgan fingerprint density at radius 2 is 1.52 bits per heavy atom. The summed E-state index contributed by atoms with van der Waals surface area (Å²) in [6, 6.07) is 31.7. The first-order chi connectivity index (χ1) is 22.2. The van der Waals surface area contributed by atoms with E-state index in [0.717, 1.165) is 47.4 Å². The summed E-state index contributed by atoms with van der Waals surface area (Å²) in [6.45, 7) is 4.75. The lowest BCUT2D eigenvalue weighted by atomic mass is 9.82. The predicted octanol–water partition coefficient (Wildman–Crippen LogP) is 8.71. The number of thioether (sulfide) groups is 1. The zero-order chi connectivity index (χ0) is 32.6. The summed E-state index contributed by atoms with van der Waals surface area (Å²) < 4.78 is 47.5. The average Bonchev–Trinajstić information content (AvgIpc) is 3.07. The standard InChI is InChI=1S/C37H38ClF3N2O2S/c1-36(30-13-4-2-5-14-30,31-15-6-3-7-16-31)43(27-29-12-9-18-33(35(29)38)37(39,40)41)19-10-22-45-32-17-8-11-28(25-32)26-34(44)42-20-23-46-24-21-42/h2-9,11-18,25H,10,19-24,26-27H2,1H3. The number of carbonyl (C=O) groups excluding carboxylic acids is 1. The molecule has 1 aliphatic heterocycles. The Kier molecular flexibility index (Phi) is 11.4. The number of nitrogens with zero attached hydrogens (tertiary/aromatic N) is 2. The van der Waals surface area contributed by atoms with Gasteiger partial charge < -0.3 is 9.64 Å². The molecule has 0 bridgehead atoms. The summed E-state index contributed by atoms with van der Waals surface area (Å²) in [7, 11) is 0. The van der Waals surface area contributed by atoms with Crippen molar-refractivity contribution in [2.75, 3.05) is 37.7 Å². The van der Waals surface area contributed by atoms with Crippen LogP contribution in [0.3, 0.4) is 0 Å². The van der Waals surface area contributed by atoms with Crippen LogP contribution in [0.25, 0.3) is 0 Å². The van der Waals surface area contributed by atoms with Gasteiger partial charge in [-0.05, 0) is 53.8 Å². The van der Waals surface area contributed by atoms with Gasteiger partial charge in [0, 0.05) is 37.7 Å². The first-order valence-electron chi connectivity index (χ1n) is 15.4. The topological polar surface area (TPSA) is 32.8 Å². The Balaban J connectivity index is 1.36. The van der Waals surface area contributed by atoms with Gasteiger partial charge in [-0.15, -0.1) is 0 Å². The highest BCUT2D eigenvalue weighted by molar-refractivity contribution is 7.99. The fourth-order valence-electron chi connectivity index (χ4n) is 5.93. The van der Waals surface area contributed by atoms with Gasteiger partial charge in [-0.1, -0.05) is 96.5 Å². The molecule has 0 saturated carbocycles. The molecule has 46 heavy (non-hydrogen) atoms. The van der Waals surface area contributed by atoms with Crippen LogP contribution in [0.4, 0.5) is 13.2 Å². The summed E-state index contributed by atoms with van der Waals surface area (Å²) in [5, 5.41) is -0.283. The maximum atomic E-state index is 13.8. The molecule has 0 unspecified atom stereocenters. The van der Waals surface area contributed by atoms with E-state index in [2.05, 4.69) is 11.8 Å². The molecule has 242 valence electrons. The molecule has 1 fully saturated rings. The normalized spacial score (nSPS) is 14.0. The highest BCUT2D eigenvalue weighted by atomic mass is 35.5. The first kappa shape index (κ1) is 33.9. The van der Waals surface area contributed by atoms with E-state index in [9.17, 15) is 18.0 Å². The van der Waals surface area contributed by atoms with Gasteiger partial charge in [0.05, 0.1) is 29.2 Å². The number of halogens is 4. The molecule has 4 aromatic rings. The van der Waals surface area contributed by atoms with Crippen molar-refractivity contribution in [3.05, 3.63) is 136 Å². The lowest BCUT2D eigenvalue weighted by Crippen LogP contribution is -2.45. The molecule has 0 atom stereocenters. The lowest BCUT2D eigenvalue weighted by molar-refractivity contribution is -0.137. The Hall–Kier alpha value is -3.46. The second-order valence-corrected chi connectivity index (χ2v) is 13.1. The molecular weight excluding hydrogens is 629 g/mol. The maximum absolute atomic E-state index is 13.8. The molecule has 5 rings (SSSR count). The zero-order valence-corrected chi connectivity index (χ0v) is 27.4. The van der Waals surface area contributed by atoms with Crippen LogP contribution in [0.5, 0.6) is 5.75 Å². The van der Waals surface area contributed by atoms with Crippen LogP contribution in [0.1, 0.15) is 41.2 Å². The van der Waals surface area contributed by atoms with Gasteiger partial charge in [0.25, 0.3) is 0 Å². The minimum absolute atomic E-state index is 0.127. The van der Waals surface area contributed by atoms with Crippen molar-refractivity contribution < 1.29 is 22.7 Å². The van der Waals surface area contributed by atoms with Crippen molar-refractivity contribution in [1.29, 1.82) is 0 Å². The van der Waals surface area contributed by atoms with Gasteiger partial charge in [0.2, 0.25) is 5.91 Å². The molecule has 0 aromatic heterocycles. The van der Waals surface area contributed by atoms with Crippen molar-refractivity contribution in [2.24, 2.45) is 0 Å². The van der Waals surface area contributed by atoms with E-state index in [1.165, 1.54) is 6.07 Å². The molecule has 1 amide bonds. The molecule has 1 heterocycles. The SMILES string of the molecule is CC(c1ccccc1)(c1ccccc1)N(CCCOc1cccc(CC(=O)N2CCSCC2)c1)Cc1cccc(C(F)(F)F)c1Cl. The Morgan fingerprint density at radius 1 is 0.891 bits per heavy atom. The first-order valence-corrected chi connectivity index (χ1v) is 17.0. The van der Waals surface area contributed by atoms with Gasteiger partial charge in [-0.2, -0.15) is 24.9 Å². The van der Waals surface area contributed by atoms with Crippen LogP contribution in [0, 0.1) is 0 Å². The summed E-state index contributed by atoms with van der Waals surface area (Å²) in [5.74, 6) is 2.75. The summed E-state index contributed by atoms with van der Waals surface area (Å²) in [6.07, 6.45) is -3.62. The second kappa shape index (κ2) is 15.4. The lowest BCUT2D eigenvalue weighted by Gasteiger charge is -2.43. The fraction of sp³-hybridized carbons (Fsp3) is 0.324. The van der Waals surface area contributed by atoms with Crippen LogP contribution in [-0.4, -0.2) is 53.5 Å². The van der Waals surface area contributed by atoms with Gasteiger partial charge in [0.15, 0.2) is 0 Å². The van der Waals surface area contributed by atoms with E-state index >= 15 is 0 Å². The highest BCUT2D eigenvalue weighted by Gasteiger charge is 2.38. The monoisotopic (exact) mass is 666 g/mol. The van der Waals surface area contributed by atoms with Crippen LogP contribution < -0.4 is 4.74 Å². The van der Waals surface area contributed by atoms with Crippen molar-refractivity contribution in [3.63, 3.8) is 0 Å². The number of hydrogen-bond acceptors (Lipinski definition) is 4. The number of benzene rings is 4. The number of hydrogen-bond donors (Lipinski definition) is 0. The number of amides is 1. The van der Waals surface area contributed by atoms with E-state index < -0.39 is 17.3 Å². The van der Waals surface area contributed by atoms with Crippen LogP contribution in [-0.2, 0) is 29.5 Å². The van der Waals surface area contributed by atoms with Crippen molar-refractivity contribution in [2.45, 2.75) is 38.0 Å². The average molecular weight is 667 g/mol. The molecule has 1 saturated heterocycles. The second-order valence-electron chi connectivity index (χ2n) is 11.5. The van der Waals surface area contributed by atoms with E-state index in [0.29, 0.717) is 37.3 Å². The molecule has 0 radical (unpaired) electrons. The van der Waals surface area contributed by atoms with E-state index in [-0.39, 0.29) is 17.5 Å². The molecule has 1 aliphatic rings. The number of ether oxygens (including phenoxy) is 1. The summed E-state index contributed by atoms with van der Waals surface area (Å²) in [5.41, 5.74) is 1.80. The molecule has 4 nitrogen and oxygen atoms in total. The highest BCUT2D eigenvalue weighted by Crippen LogP contribution is 2.40. The minimum Gasteiger partial charge on any atom is -0.494 e. The quantitative estimate of drug-likeness (QED) is 0.142. The van der Waals surface area contributed by atoms with Gasteiger partial charge in [0.1, 0.15) is 5.75 Å². The molecule has 9 heteroatoms. The van der Waals surface area contributed by atoms with E-state index in [1.54, 1.807) is 6.07 Å². The van der Waals surface area contributed by atoms with Gasteiger partial charge >= 0.3 is 6.18 Å². The van der Waals surface area contributed by atoms with Crippen molar-refractivity contribution >= 4 is 29.3 Å². The van der Waals surface area contributed by atoms with Crippen LogP contribution in [0.15, 0.2) is 103 Å². The van der Waals surface area contributed by atoms with E-state index in [4.69, 9.17) is 16.3 Å². The summed E-state index contributed by atoms with van der Waals surface area (Å²) in [4.78, 5) is 16.9. The fourth-order valence-corrected chi connectivity index (χ4v) is 7.13. The van der Waals surface area contributed by atoms with Crippen molar-refractivity contribution in [1.82, 2.24) is 9.80 Å². The zero-order valence-electron chi connectivity index (χ0n) is 25.8. The molecule has 4 aromatic carbocycles. The van der Waals surface area contributed by atoms with Crippen LogP contribution in [0.2, 0.25) is 5.02 Å². The minimum atomic E-state index is -4.56. The van der Waals surface area contributed by atoms with Gasteiger partial charge in [-0.3, -0.25) is 9.69 Å². The smallest absolute Gasteiger partial charge is 0.417 e. The van der Waals surface area contributed by atoms with Crippen LogP contribution >= 0.6 is 23.4 Å². The Labute approximate surface area is 278 Å². The molecule has 0 aliphatic carbocycles. The maximum Gasteiger partial charge on any atom is 0.417 e. The van der Waals surface area contributed by atoms with Gasteiger partial charge in [-0.25, -0.2) is 0 Å². The predicted molar refractivity (Wildman–Crippen MR) is 180 cm³/mol. The number of carbonyl (C=O) groups is 1. The molecule has 0 N–H and O–H groups in total. The third kappa shape index (κ3) is 8.27. The Morgan fingerprint density at radius 3 is 2.15 bits per heavy atom. The molecular formula is C37H38ClF3N2O2S. The summed E-state index contributed by atoms with van der Waals surface area (Å²) >= 11 is 8.29. The third-order valence-corrected chi connectivity index (χ3v) is 9.90. The Bertz CT molecular complexity index is 1540. The largest absolute Gasteiger partial charge is 0.494 e. The van der Waals surface area contributed by atoms with E-state index in [1.807, 2.05) is 102 Å². The number of rotatable bonds is 12. The molecule has 0 spiro atoms. The third-order valence-electron chi connectivity index (χ3n) is 8.51.